The van der Waals surface area contributed by atoms with Crippen LogP contribution in [0.2, 0.25) is 0 Å². The van der Waals surface area contributed by atoms with Gasteiger partial charge in [-0.15, -0.1) is 0 Å². The molecule has 0 bridgehead atoms. The van der Waals surface area contributed by atoms with Gasteiger partial charge in [0.05, 0.1) is 5.56 Å². The number of hydrogen-bond acceptors (Lipinski definition) is 1. The van der Waals surface area contributed by atoms with Crippen molar-refractivity contribution in [3.8, 4) is 39.1 Å². The monoisotopic (exact) mass is 662 g/mol. The molecule has 0 aliphatic carbocycles. The van der Waals surface area contributed by atoms with E-state index in [1.54, 1.807) is 12.1 Å². The van der Waals surface area contributed by atoms with Crippen LogP contribution in [0.3, 0.4) is 0 Å². The third kappa shape index (κ3) is 7.13. The van der Waals surface area contributed by atoms with E-state index in [0.29, 0.717) is 35.9 Å². The number of rotatable bonds is 10. The van der Waals surface area contributed by atoms with E-state index in [1.165, 1.54) is 0 Å². The highest BCUT2D eigenvalue weighted by molar-refractivity contribution is 5.72. The molecule has 0 aliphatic rings. The molecule has 0 amide bonds. The van der Waals surface area contributed by atoms with Gasteiger partial charge in [-0.2, -0.15) is 8.78 Å². The van der Waals surface area contributed by atoms with Crippen LogP contribution < -0.4 is 4.74 Å². The van der Waals surface area contributed by atoms with E-state index in [9.17, 15) is 17.6 Å². The average molecular weight is 663 g/mol. The van der Waals surface area contributed by atoms with Gasteiger partial charge in [0.15, 0.2) is 17.5 Å². The summed E-state index contributed by atoms with van der Waals surface area (Å²) < 4.78 is 150. The van der Waals surface area contributed by atoms with E-state index in [4.69, 9.17) is 0 Å². The van der Waals surface area contributed by atoms with Crippen LogP contribution in [-0.2, 0) is 12.5 Å². The molecule has 0 atom stereocenters. The lowest BCUT2D eigenvalue weighted by molar-refractivity contribution is -0.189. The Balaban J connectivity index is 1.39. The Kier molecular flexibility index (Phi) is 9.65. The number of ether oxygens (including phenoxy) is 1. The second kappa shape index (κ2) is 13.5. The highest BCUT2D eigenvalue weighted by Crippen LogP contribution is 2.40. The van der Waals surface area contributed by atoms with Crippen molar-refractivity contribution >= 4 is 0 Å². The molecule has 5 aromatic carbocycles. The highest BCUT2D eigenvalue weighted by atomic mass is 19.3. The molecule has 47 heavy (non-hydrogen) atoms. The second-order valence-corrected chi connectivity index (χ2v) is 10.8. The van der Waals surface area contributed by atoms with Gasteiger partial charge in [-0.3, -0.25) is 0 Å². The van der Waals surface area contributed by atoms with Gasteiger partial charge in [-0.05, 0) is 89.2 Å². The quantitative estimate of drug-likeness (QED) is 0.0822. The van der Waals surface area contributed by atoms with Crippen LogP contribution >= 0.6 is 0 Å². The minimum Gasteiger partial charge on any atom is -0.429 e. The molecule has 0 heterocycles. The molecule has 11 heteroatoms. The molecule has 1 nitrogen and oxygen atoms in total. The zero-order valence-corrected chi connectivity index (χ0v) is 24.5. The number of unbranched alkanes of at least 4 members (excludes halogenated alkanes) is 2. The highest BCUT2D eigenvalue weighted by Gasteiger charge is 2.41. The largest absolute Gasteiger partial charge is 0.432 e. The van der Waals surface area contributed by atoms with Gasteiger partial charge in [-0.25, -0.2) is 35.1 Å². The molecule has 244 valence electrons. The fourth-order valence-electron chi connectivity index (χ4n) is 5.16. The van der Waals surface area contributed by atoms with Crippen molar-refractivity contribution in [1.82, 2.24) is 0 Å². The third-order valence-electron chi connectivity index (χ3n) is 7.50. The molecule has 0 fully saturated rings. The lowest BCUT2D eigenvalue weighted by atomic mass is 9.96. The SMILES string of the molecule is CCCCCc1ccc(-c2cc(F)c(-c3cc(F)c(C(F)(F)Oc4ccc(-c5cc(F)c(F)c(F)c5)c(F)c4)c(F)c3)c(F)c2)cc1. The standard InChI is InChI=1S/C36H24F10O/c1-2-3-4-5-19-6-8-20(9-7-19)21-12-27(38)33(28(39)13-21)23-16-29(40)34(30(41)17-23)36(45,46)47-24-10-11-25(26(37)18-24)22-14-31(42)35(44)32(43)15-22/h6-18H,2-5H2,1H3. The van der Waals surface area contributed by atoms with Crippen LogP contribution in [-0.4, -0.2) is 0 Å². The number of hydrogen-bond donors (Lipinski definition) is 0. The van der Waals surface area contributed by atoms with Gasteiger partial charge < -0.3 is 4.74 Å². The Bertz CT molecular complexity index is 1870. The normalized spacial score (nSPS) is 11.6. The molecule has 0 spiro atoms. The number of halogens is 10. The minimum atomic E-state index is -4.77. The Morgan fingerprint density at radius 2 is 1.09 bits per heavy atom. The van der Waals surface area contributed by atoms with Gasteiger partial charge in [0.1, 0.15) is 40.4 Å². The first-order chi connectivity index (χ1) is 22.3. The second-order valence-electron chi connectivity index (χ2n) is 10.8. The predicted molar refractivity (Wildman–Crippen MR) is 157 cm³/mol. The molecule has 0 saturated heterocycles. The summed E-state index contributed by atoms with van der Waals surface area (Å²) in [5.74, 6) is -13.6. The summed E-state index contributed by atoms with van der Waals surface area (Å²) >= 11 is 0. The summed E-state index contributed by atoms with van der Waals surface area (Å²) in [5, 5.41) is 0. The number of aryl methyl sites for hydroxylation is 1. The Morgan fingerprint density at radius 3 is 1.64 bits per heavy atom. The first kappa shape index (κ1) is 33.6. The Hall–Kier alpha value is -4.80. The summed E-state index contributed by atoms with van der Waals surface area (Å²) in [4.78, 5) is 0. The predicted octanol–water partition coefficient (Wildman–Crippen LogP) is 11.7. The van der Waals surface area contributed by atoms with Crippen molar-refractivity contribution in [3.05, 3.63) is 137 Å². The molecule has 0 aliphatic heterocycles. The first-order valence-corrected chi connectivity index (χ1v) is 14.4. The fraction of sp³-hybridized carbons (Fsp3) is 0.167. The summed E-state index contributed by atoms with van der Waals surface area (Å²) in [5.41, 5.74) is -2.79. The summed E-state index contributed by atoms with van der Waals surface area (Å²) in [7, 11) is 0. The topological polar surface area (TPSA) is 9.23 Å². The van der Waals surface area contributed by atoms with Gasteiger partial charge in [0.25, 0.3) is 0 Å². The van der Waals surface area contributed by atoms with Crippen molar-refractivity contribution in [2.45, 2.75) is 38.7 Å². The van der Waals surface area contributed by atoms with Crippen molar-refractivity contribution in [2.75, 3.05) is 0 Å². The average Bonchev–Trinajstić information content (AvgIpc) is 2.99. The maximum atomic E-state index is 15.2. The van der Waals surface area contributed by atoms with E-state index in [2.05, 4.69) is 11.7 Å². The van der Waals surface area contributed by atoms with Gasteiger partial charge in [0, 0.05) is 11.6 Å². The van der Waals surface area contributed by atoms with Gasteiger partial charge >= 0.3 is 6.11 Å². The van der Waals surface area contributed by atoms with Gasteiger partial charge in [-0.1, -0.05) is 44.0 Å². The molecule has 0 aromatic heterocycles. The van der Waals surface area contributed by atoms with Crippen molar-refractivity contribution in [2.24, 2.45) is 0 Å². The lowest BCUT2D eigenvalue weighted by Gasteiger charge is -2.20. The van der Waals surface area contributed by atoms with E-state index in [1.807, 2.05) is 12.1 Å². The molecule has 0 saturated carbocycles. The molecule has 0 unspecified atom stereocenters. The van der Waals surface area contributed by atoms with E-state index >= 15 is 26.3 Å². The molecule has 5 rings (SSSR count). The zero-order valence-electron chi connectivity index (χ0n) is 24.5. The maximum Gasteiger partial charge on any atom is 0.432 e. The lowest BCUT2D eigenvalue weighted by Crippen LogP contribution is -2.25. The summed E-state index contributed by atoms with van der Waals surface area (Å²) in [6, 6.07) is 12.4. The van der Waals surface area contributed by atoms with Gasteiger partial charge in [0.2, 0.25) is 0 Å². The Labute approximate surface area is 263 Å². The summed E-state index contributed by atoms with van der Waals surface area (Å²) in [6.45, 7) is 2.08. The van der Waals surface area contributed by atoms with Crippen LogP contribution in [0.5, 0.6) is 5.75 Å². The maximum absolute atomic E-state index is 15.2. The van der Waals surface area contributed by atoms with Crippen molar-refractivity contribution in [1.29, 1.82) is 0 Å². The first-order valence-electron chi connectivity index (χ1n) is 14.4. The Morgan fingerprint density at radius 1 is 0.532 bits per heavy atom. The van der Waals surface area contributed by atoms with Crippen LogP contribution in [0.15, 0.2) is 78.9 Å². The van der Waals surface area contributed by atoms with Crippen LogP contribution in [0.25, 0.3) is 33.4 Å². The van der Waals surface area contributed by atoms with Crippen LogP contribution in [0.1, 0.15) is 37.3 Å². The molecule has 0 N–H and O–H groups in total. The van der Waals surface area contributed by atoms with E-state index in [0.717, 1.165) is 55.5 Å². The number of benzene rings is 5. The van der Waals surface area contributed by atoms with E-state index in [-0.39, 0.29) is 5.56 Å². The molecular weight excluding hydrogens is 638 g/mol. The van der Waals surface area contributed by atoms with Crippen LogP contribution in [0, 0.1) is 46.5 Å². The summed E-state index contributed by atoms with van der Waals surface area (Å²) in [6.07, 6.45) is -0.804. The number of alkyl halides is 2. The van der Waals surface area contributed by atoms with Crippen molar-refractivity contribution < 1.29 is 48.6 Å². The third-order valence-corrected chi connectivity index (χ3v) is 7.50. The molecule has 5 aromatic rings. The molecule has 0 radical (unpaired) electrons. The minimum absolute atomic E-state index is 0.148. The van der Waals surface area contributed by atoms with Crippen LogP contribution in [0.4, 0.5) is 43.9 Å². The van der Waals surface area contributed by atoms with E-state index < -0.39 is 86.2 Å². The zero-order chi connectivity index (χ0) is 34.0. The molecular formula is C36H24F10O. The fourth-order valence-corrected chi connectivity index (χ4v) is 5.16. The smallest absolute Gasteiger partial charge is 0.429 e. The van der Waals surface area contributed by atoms with Crippen molar-refractivity contribution in [3.63, 3.8) is 0 Å².